The highest BCUT2D eigenvalue weighted by atomic mass is 16.2. The summed E-state index contributed by atoms with van der Waals surface area (Å²) < 4.78 is 3.71. The van der Waals surface area contributed by atoms with Gasteiger partial charge in [-0.3, -0.25) is 19.1 Å². The molecule has 0 radical (unpaired) electrons. The Labute approximate surface area is 142 Å². The van der Waals surface area contributed by atoms with E-state index in [0.29, 0.717) is 5.65 Å². The molecule has 25 heavy (non-hydrogen) atoms. The monoisotopic (exact) mass is 342 g/mol. The van der Waals surface area contributed by atoms with Crippen molar-refractivity contribution in [1.82, 2.24) is 29.0 Å². The maximum Gasteiger partial charge on any atom is 0.332 e. The number of amides is 1. The molecule has 1 atom stereocenters. The fraction of sp³-hybridized carbons (Fsp3) is 0.312. The van der Waals surface area contributed by atoms with Crippen molar-refractivity contribution in [3.63, 3.8) is 0 Å². The maximum absolute atomic E-state index is 12.6. The Balaban J connectivity index is 1.90. The lowest BCUT2D eigenvalue weighted by Crippen LogP contribution is -2.43. The van der Waals surface area contributed by atoms with Crippen LogP contribution in [0.4, 0.5) is 0 Å². The number of rotatable bonds is 4. The van der Waals surface area contributed by atoms with Crippen LogP contribution < -0.4 is 16.6 Å². The standard InChI is InChI=1S/C16H18N6O3/c1-10(11-4-6-17-7-5-11)19-12(23)8-22-15(24)13-14(18-9-20(13)2)21(3)16(22)25/h4-7,9-10H,8H2,1-3H3,(H,19,23). The van der Waals surface area contributed by atoms with Crippen molar-refractivity contribution >= 4 is 17.1 Å². The fourth-order valence-corrected chi connectivity index (χ4v) is 2.70. The van der Waals surface area contributed by atoms with Crippen molar-refractivity contribution in [2.75, 3.05) is 0 Å². The smallest absolute Gasteiger partial charge is 0.332 e. The second-order valence-corrected chi connectivity index (χ2v) is 5.83. The predicted octanol–water partition coefficient (Wildman–Crippen LogP) is -0.294. The molecular formula is C16H18N6O3. The second kappa shape index (κ2) is 6.34. The van der Waals surface area contributed by atoms with Gasteiger partial charge in [0.05, 0.1) is 12.4 Å². The zero-order valence-electron chi connectivity index (χ0n) is 14.1. The van der Waals surface area contributed by atoms with Crippen LogP contribution in [0, 0.1) is 0 Å². The molecule has 0 saturated heterocycles. The molecule has 0 aromatic carbocycles. The summed E-state index contributed by atoms with van der Waals surface area (Å²) in [5.74, 6) is -0.426. The molecule has 0 aliphatic carbocycles. The Hall–Kier alpha value is -3.23. The molecule has 1 amide bonds. The van der Waals surface area contributed by atoms with Gasteiger partial charge in [-0.1, -0.05) is 0 Å². The highest BCUT2D eigenvalue weighted by Gasteiger charge is 2.18. The largest absolute Gasteiger partial charge is 0.348 e. The van der Waals surface area contributed by atoms with Gasteiger partial charge in [-0.2, -0.15) is 0 Å². The number of nitrogens with one attached hydrogen (secondary N) is 1. The lowest BCUT2D eigenvalue weighted by atomic mass is 10.1. The number of carbonyl (C=O) groups excluding carboxylic acids is 1. The maximum atomic E-state index is 12.6. The van der Waals surface area contributed by atoms with E-state index >= 15 is 0 Å². The third kappa shape index (κ3) is 2.95. The number of hydrogen-bond donors (Lipinski definition) is 1. The first-order valence-corrected chi connectivity index (χ1v) is 7.70. The summed E-state index contributed by atoms with van der Waals surface area (Å²) in [6.45, 7) is 1.46. The quantitative estimate of drug-likeness (QED) is 0.701. The van der Waals surface area contributed by atoms with Crippen LogP contribution in [0.2, 0.25) is 0 Å². The van der Waals surface area contributed by atoms with E-state index in [1.807, 2.05) is 6.92 Å². The lowest BCUT2D eigenvalue weighted by Gasteiger charge is -2.15. The number of imidazole rings is 1. The topological polar surface area (TPSA) is 104 Å². The van der Waals surface area contributed by atoms with Gasteiger partial charge in [0.25, 0.3) is 5.56 Å². The van der Waals surface area contributed by atoms with Gasteiger partial charge in [-0.05, 0) is 24.6 Å². The van der Waals surface area contributed by atoms with Gasteiger partial charge in [0.2, 0.25) is 5.91 Å². The van der Waals surface area contributed by atoms with E-state index < -0.39 is 17.2 Å². The Kier molecular flexibility index (Phi) is 4.22. The Morgan fingerprint density at radius 2 is 1.92 bits per heavy atom. The minimum Gasteiger partial charge on any atom is -0.348 e. The number of pyridine rings is 1. The minimum absolute atomic E-state index is 0.268. The molecule has 130 valence electrons. The molecule has 0 spiro atoms. The van der Waals surface area contributed by atoms with Gasteiger partial charge in [0, 0.05) is 26.5 Å². The van der Waals surface area contributed by atoms with Crippen LogP contribution in [-0.4, -0.2) is 29.6 Å². The first-order valence-electron chi connectivity index (χ1n) is 7.70. The number of carbonyl (C=O) groups is 1. The summed E-state index contributed by atoms with van der Waals surface area (Å²) >= 11 is 0. The minimum atomic E-state index is -0.581. The molecule has 3 rings (SSSR count). The molecule has 0 aliphatic heterocycles. The average molecular weight is 342 g/mol. The third-order valence-electron chi connectivity index (χ3n) is 4.09. The molecule has 9 heteroatoms. The summed E-state index contributed by atoms with van der Waals surface area (Å²) in [6, 6.07) is 3.31. The van der Waals surface area contributed by atoms with E-state index in [1.54, 1.807) is 31.6 Å². The van der Waals surface area contributed by atoms with Crippen molar-refractivity contribution < 1.29 is 4.79 Å². The van der Waals surface area contributed by atoms with E-state index in [-0.39, 0.29) is 18.1 Å². The van der Waals surface area contributed by atoms with E-state index in [1.165, 1.54) is 22.5 Å². The summed E-state index contributed by atoms with van der Waals surface area (Å²) in [4.78, 5) is 45.3. The van der Waals surface area contributed by atoms with Crippen LogP contribution in [0.5, 0.6) is 0 Å². The van der Waals surface area contributed by atoms with Crippen LogP contribution in [0.1, 0.15) is 18.5 Å². The molecule has 3 aromatic heterocycles. The molecule has 0 fully saturated rings. The van der Waals surface area contributed by atoms with Crippen LogP contribution in [0.3, 0.4) is 0 Å². The summed E-state index contributed by atoms with van der Waals surface area (Å²) in [5.41, 5.74) is 0.329. The Morgan fingerprint density at radius 1 is 1.24 bits per heavy atom. The normalized spacial score (nSPS) is 12.3. The van der Waals surface area contributed by atoms with Crippen LogP contribution in [0.15, 0.2) is 40.4 Å². The van der Waals surface area contributed by atoms with Crippen LogP contribution in [0.25, 0.3) is 11.2 Å². The molecule has 0 bridgehead atoms. The predicted molar refractivity (Wildman–Crippen MR) is 91.0 cm³/mol. The molecule has 1 N–H and O–H groups in total. The summed E-state index contributed by atoms with van der Waals surface area (Å²) in [5, 5.41) is 2.78. The molecule has 0 aliphatic rings. The van der Waals surface area contributed by atoms with E-state index in [4.69, 9.17) is 0 Å². The highest BCUT2D eigenvalue weighted by Crippen LogP contribution is 2.10. The van der Waals surface area contributed by atoms with Crippen molar-refractivity contribution in [3.05, 3.63) is 57.3 Å². The van der Waals surface area contributed by atoms with E-state index in [9.17, 15) is 14.4 Å². The number of aryl methyl sites for hydroxylation is 2. The van der Waals surface area contributed by atoms with E-state index in [2.05, 4.69) is 15.3 Å². The molecule has 3 aromatic rings. The lowest BCUT2D eigenvalue weighted by molar-refractivity contribution is -0.122. The Bertz CT molecular complexity index is 1050. The van der Waals surface area contributed by atoms with Crippen molar-refractivity contribution in [2.24, 2.45) is 14.1 Å². The van der Waals surface area contributed by atoms with Gasteiger partial charge in [-0.25, -0.2) is 14.3 Å². The van der Waals surface area contributed by atoms with Crippen LogP contribution in [-0.2, 0) is 25.4 Å². The van der Waals surface area contributed by atoms with Gasteiger partial charge in [0.15, 0.2) is 11.2 Å². The Morgan fingerprint density at radius 3 is 2.60 bits per heavy atom. The number of hydrogen-bond acceptors (Lipinski definition) is 5. The summed E-state index contributed by atoms with van der Waals surface area (Å²) in [7, 11) is 3.18. The molecule has 3 heterocycles. The van der Waals surface area contributed by atoms with Crippen LogP contribution >= 0.6 is 0 Å². The molecule has 9 nitrogen and oxygen atoms in total. The highest BCUT2D eigenvalue weighted by molar-refractivity contribution is 5.77. The SMILES string of the molecule is CC(NC(=O)Cn1c(=O)c2c(ncn2C)n(C)c1=O)c1ccncc1. The third-order valence-corrected chi connectivity index (χ3v) is 4.09. The van der Waals surface area contributed by atoms with Gasteiger partial charge in [-0.15, -0.1) is 0 Å². The molecular weight excluding hydrogens is 324 g/mol. The summed E-state index contributed by atoms with van der Waals surface area (Å²) in [6.07, 6.45) is 4.73. The van der Waals surface area contributed by atoms with Crippen molar-refractivity contribution in [2.45, 2.75) is 19.5 Å². The number of aromatic nitrogens is 5. The van der Waals surface area contributed by atoms with E-state index in [0.717, 1.165) is 10.1 Å². The van der Waals surface area contributed by atoms with Gasteiger partial charge < -0.3 is 9.88 Å². The zero-order chi connectivity index (χ0) is 18.1. The first-order chi connectivity index (χ1) is 11.9. The number of fused-ring (bicyclic) bond motifs is 1. The van der Waals surface area contributed by atoms with Gasteiger partial charge >= 0.3 is 5.69 Å². The molecule has 1 unspecified atom stereocenters. The van der Waals surface area contributed by atoms with Crippen molar-refractivity contribution in [1.29, 1.82) is 0 Å². The zero-order valence-corrected chi connectivity index (χ0v) is 14.1. The number of nitrogens with zero attached hydrogens (tertiary/aromatic N) is 5. The molecule has 0 saturated carbocycles. The average Bonchev–Trinajstić information content (AvgIpc) is 2.99. The van der Waals surface area contributed by atoms with Crippen molar-refractivity contribution in [3.8, 4) is 0 Å². The van der Waals surface area contributed by atoms with Gasteiger partial charge in [0.1, 0.15) is 6.54 Å². The fourth-order valence-electron chi connectivity index (χ4n) is 2.70. The first kappa shape index (κ1) is 16.6. The second-order valence-electron chi connectivity index (χ2n) is 5.83.